The Morgan fingerprint density at radius 3 is 3.00 bits per heavy atom. The molecule has 3 nitrogen and oxygen atoms in total. The van der Waals surface area contributed by atoms with Crippen LogP contribution < -0.4 is 0 Å². The summed E-state index contributed by atoms with van der Waals surface area (Å²) in [6.45, 7) is 3.63. The van der Waals surface area contributed by atoms with Gasteiger partial charge in [0.15, 0.2) is 0 Å². The fourth-order valence-corrected chi connectivity index (χ4v) is 3.35. The first-order valence-electron chi connectivity index (χ1n) is 6.16. The van der Waals surface area contributed by atoms with Gasteiger partial charge in [-0.3, -0.25) is 4.79 Å². The van der Waals surface area contributed by atoms with Gasteiger partial charge in [-0.25, -0.2) is 0 Å². The van der Waals surface area contributed by atoms with Gasteiger partial charge in [0.25, 0.3) is 0 Å². The van der Waals surface area contributed by atoms with E-state index in [1.54, 1.807) is 0 Å². The van der Waals surface area contributed by atoms with Crippen molar-refractivity contribution in [3.8, 4) is 0 Å². The third-order valence-corrected chi connectivity index (χ3v) is 4.79. The summed E-state index contributed by atoms with van der Waals surface area (Å²) in [5, 5.41) is 9.16. The lowest BCUT2D eigenvalue weighted by Crippen LogP contribution is -2.37. The highest BCUT2D eigenvalue weighted by atomic mass is 35.5. The van der Waals surface area contributed by atoms with Crippen LogP contribution in [0.4, 0.5) is 0 Å². The smallest absolute Gasteiger partial charge is 0.240 e. The monoisotopic (exact) mass is 245 g/mol. The van der Waals surface area contributed by atoms with Crippen LogP contribution in [0.5, 0.6) is 0 Å². The number of carbonyl (C=O) groups is 1. The second-order valence-electron chi connectivity index (χ2n) is 5.20. The van der Waals surface area contributed by atoms with Crippen LogP contribution in [0, 0.1) is 11.3 Å². The third kappa shape index (κ3) is 1.84. The number of hydrogen-bond donors (Lipinski definition) is 1. The predicted octanol–water partition coefficient (Wildman–Crippen LogP) is 1.62. The minimum atomic E-state index is -0.394. The van der Waals surface area contributed by atoms with Gasteiger partial charge in [-0.05, 0) is 25.2 Å². The molecule has 3 atom stereocenters. The van der Waals surface area contributed by atoms with Gasteiger partial charge in [0, 0.05) is 18.5 Å². The summed E-state index contributed by atoms with van der Waals surface area (Å²) in [5.74, 6) is 0.536. The molecule has 0 bridgehead atoms. The number of alkyl halides is 1. The van der Waals surface area contributed by atoms with Crippen molar-refractivity contribution < 1.29 is 9.90 Å². The summed E-state index contributed by atoms with van der Waals surface area (Å²) in [7, 11) is 0. The molecular weight excluding hydrogens is 226 g/mol. The molecule has 0 aromatic carbocycles. The van der Waals surface area contributed by atoms with Crippen LogP contribution in [-0.4, -0.2) is 41.0 Å². The van der Waals surface area contributed by atoms with Gasteiger partial charge in [0.2, 0.25) is 5.91 Å². The molecule has 1 saturated heterocycles. The molecule has 1 heterocycles. The molecule has 1 N–H and O–H groups in total. The molecule has 1 aliphatic carbocycles. The average molecular weight is 246 g/mol. The second-order valence-corrected chi connectivity index (χ2v) is 5.73. The highest BCUT2D eigenvalue weighted by Crippen LogP contribution is 2.48. The van der Waals surface area contributed by atoms with Crippen LogP contribution in [0.25, 0.3) is 0 Å². The number of halogens is 1. The van der Waals surface area contributed by atoms with E-state index in [0.717, 1.165) is 19.4 Å². The van der Waals surface area contributed by atoms with Crippen molar-refractivity contribution in [2.45, 2.75) is 38.0 Å². The highest BCUT2D eigenvalue weighted by Gasteiger charge is 2.50. The first-order chi connectivity index (χ1) is 7.63. The molecule has 2 rings (SSSR count). The average Bonchev–Trinajstić information content (AvgIpc) is 2.83. The normalized spacial score (nSPS) is 35.2. The molecule has 4 heteroatoms. The Balaban J connectivity index is 2.05. The minimum Gasteiger partial charge on any atom is -0.396 e. The molecule has 0 radical (unpaired) electrons. The Bertz CT molecular complexity index is 284. The van der Waals surface area contributed by atoms with E-state index in [4.69, 9.17) is 11.6 Å². The van der Waals surface area contributed by atoms with Crippen molar-refractivity contribution in [3.05, 3.63) is 0 Å². The Morgan fingerprint density at radius 1 is 1.69 bits per heavy atom. The van der Waals surface area contributed by atoms with Crippen molar-refractivity contribution in [2.75, 3.05) is 19.7 Å². The topological polar surface area (TPSA) is 40.5 Å². The van der Waals surface area contributed by atoms with Crippen LogP contribution in [-0.2, 0) is 4.79 Å². The standard InChI is InChI=1S/C12H20ClNO2/c1-2-10(13)11(16)14-6-9-4-3-5-12(9,7-14)8-15/h9-10,15H,2-8H2,1H3/t9-,10+,12-/m1/s1. The van der Waals surface area contributed by atoms with Gasteiger partial charge >= 0.3 is 0 Å². The maximum atomic E-state index is 12.0. The third-order valence-electron chi connectivity index (χ3n) is 4.29. The molecule has 2 fully saturated rings. The fourth-order valence-electron chi connectivity index (χ4n) is 3.21. The summed E-state index contributed by atoms with van der Waals surface area (Å²) in [6.07, 6.45) is 4.06. The Kier molecular flexibility index (Phi) is 3.45. The highest BCUT2D eigenvalue weighted by molar-refractivity contribution is 6.30. The van der Waals surface area contributed by atoms with E-state index in [2.05, 4.69) is 0 Å². The van der Waals surface area contributed by atoms with Gasteiger partial charge in [-0.15, -0.1) is 11.6 Å². The van der Waals surface area contributed by atoms with E-state index >= 15 is 0 Å². The SMILES string of the molecule is CC[C@H](Cl)C(=O)N1C[C@H]2CCC[C@]2(CO)C1. The number of aliphatic hydroxyl groups is 1. The summed E-state index contributed by atoms with van der Waals surface area (Å²) in [4.78, 5) is 13.8. The van der Waals surface area contributed by atoms with Gasteiger partial charge < -0.3 is 10.0 Å². The van der Waals surface area contributed by atoms with Crippen LogP contribution in [0.1, 0.15) is 32.6 Å². The van der Waals surface area contributed by atoms with E-state index in [-0.39, 0.29) is 17.9 Å². The van der Waals surface area contributed by atoms with E-state index in [1.807, 2.05) is 11.8 Å². The van der Waals surface area contributed by atoms with Crippen molar-refractivity contribution in [2.24, 2.45) is 11.3 Å². The van der Waals surface area contributed by atoms with Crippen LogP contribution in [0.15, 0.2) is 0 Å². The Morgan fingerprint density at radius 2 is 2.44 bits per heavy atom. The fraction of sp³-hybridized carbons (Fsp3) is 0.917. The molecule has 2 aliphatic rings. The number of nitrogens with zero attached hydrogens (tertiary/aromatic N) is 1. The molecular formula is C12H20ClNO2. The molecule has 1 aliphatic heterocycles. The first kappa shape index (κ1) is 12.2. The number of aliphatic hydroxyl groups excluding tert-OH is 1. The van der Waals surface area contributed by atoms with E-state index in [1.165, 1.54) is 6.42 Å². The first-order valence-corrected chi connectivity index (χ1v) is 6.60. The van der Waals surface area contributed by atoms with Crippen molar-refractivity contribution in [1.82, 2.24) is 4.90 Å². The predicted molar refractivity (Wildman–Crippen MR) is 63.4 cm³/mol. The summed E-state index contributed by atoms with van der Waals surface area (Å²) >= 11 is 5.99. The lowest BCUT2D eigenvalue weighted by atomic mass is 9.82. The number of hydrogen-bond acceptors (Lipinski definition) is 2. The van der Waals surface area contributed by atoms with Gasteiger partial charge in [0.1, 0.15) is 5.38 Å². The zero-order chi connectivity index (χ0) is 11.8. The minimum absolute atomic E-state index is 0.0139. The van der Waals surface area contributed by atoms with Crippen molar-refractivity contribution >= 4 is 17.5 Å². The molecule has 0 spiro atoms. The lowest BCUT2D eigenvalue weighted by molar-refractivity contribution is -0.130. The molecule has 1 amide bonds. The quantitative estimate of drug-likeness (QED) is 0.768. The zero-order valence-corrected chi connectivity index (χ0v) is 10.5. The van der Waals surface area contributed by atoms with Crippen LogP contribution >= 0.6 is 11.6 Å². The summed E-state index contributed by atoms with van der Waals surface area (Å²) < 4.78 is 0. The number of amides is 1. The maximum Gasteiger partial charge on any atom is 0.240 e. The lowest BCUT2D eigenvalue weighted by Gasteiger charge is -2.26. The number of rotatable bonds is 3. The molecule has 92 valence electrons. The number of fused-ring (bicyclic) bond motifs is 1. The molecule has 0 aromatic heterocycles. The summed E-state index contributed by atoms with van der Waals surface area (Å²) in [5.41, 5.74) is -0.0139. The molecule has 1 saturated carbocycles. The largest absolute Gasteiger partial charge is 0.396 e. The maximum absolute atomic E-state index is 12.0. The molecule has 16 heavy (non-hydrogen) atoms. The Labute approximate surface area is 102 Å². The molecule has 0 aromatic rings. The zero-order valence-electron chi connectivity index (χ0n) is 9.79. The second kappa shape index (κ2) is 4.53. The van der Waals surface area contributed by atoms with E-state index in [9.17, 15) is 9.90 Å². The number of carbonyl (C=O) groups excluding carboxylic acids is 1. The van der Waals surface area contributed by atoms with Crippen molar-refractivity contribution in [3.63, 3.8) is 0 Å². The van der Waals surface area contributed by atoms with Crippen LogP contribution in [0.2, 0.25) is 0 Å². The van der Waals surface area contributed by atoms with Gasteiger partial charge in [-0.1, -0.05) is 13.3 Å². The Hall–Kier alpha value is -0.280. The van der Waals surface area contributed by atoms with Gasteiger partial charge in [0.05, 0.1) is 6.61 Å². The molecule has 0 unspecified atom stereocenters. The van der Waals surface area contributed by atoms with E-state index in [0.29, 0.717) is 18.9 Å². The summed E-state index contributed by atoms with van der Waals surface area (Å²) in [6, 6.07) is 0. The van der Waals surface area contributed by atoms with Crippen LogP contribution in [0.3, 0.4) is 0 Å². The van der Waals surface area contributed by atoms with Crippen molar-refractivity contribution in [1.29, 1.82) is 0 Å². The van der Waals surface area contributed by atoms with E-state index < -0.39 is 5.38 Å². The van der Waals surface area contributed by atoms with Gasteiger partial charge in [-0.2, -0.15) is 0 Å². The number of likely N-dealkylation sites (tertiary alicyclic amines) is 1.